The lowest BCUT2D eigenvalue weighted by Crippen LogP contribution is -2.17. The molecule has 0 unspecified atom stereocenters. The number of aromatic nitrogens is 4. The molecule has 2 heterocycles. The quantitative estimate of drug-likeness (QED) is 0.536. The van der Waals surface area contributed by atoms with Crippen molar-refractivity contribution in [1.82, 2.24) is 19.6 Å². The molecular formula is C20H20ClF4N5O. The maximum absolute atomic E-state index is 13.9. The van der Waals surface area contributed by atoms with Crippen molar-refractivity contribution < 1.29 is 22.4 Å². The van der Waals surface area contributed by atoms with Crippen molar-refractivity contribution in [2.45, 2.75) is 46.5 Å². The Morgan fingerprint density at radius 3 is 2.39 bits per heavy atom. The van der Waals surface area contributed by atoms with Gasteiger partial charge in [0, 0.05) is 12.0 Å². The number of rotatable bonds is 6. The average molecular weight is 458 g/mol. The molecule has 1 amide bonds. The number of benzene rings is 1. The summed E-state index contributed by atoms with van der Waals surface area (Å²) in [7, 11) is 0. The fourth-order valence-corrected chi connectivity index (χ4v) is 3.39. The molecule has 31 heavy (non-hydrogen) atoms. The molecule has 0 saturated heterocycles. The second-order valence-corrected chi connectivity index (χ2v) is 7.44. The van der Waals surface area contributed by atoms with Gasteiger partial charge >= 0.3 is 6.18 Å². The summed E-state index contributed by atoms with van der Waals surface area (Å²) in [5.41, 5.74) is 1.07. The number of hydrogen-bond donors (Lipinski definition) is 1. The Hall–Kier alpha value is -2.88. The number of carbonyl (C=O) groups excluding carboxylic acids is 1. The van der Waals surface area contributed by atoms with Crippen molar-refractivity contribution in [3.8, 4) is 0 Å². The van der Waals surface area contributed by atoms with Crippen LogP contribution in [0.5, 0.6) is 0 Å². The van der Waals surface area contributed by atoms with Crippen LogP contribution >= 0.6 is 11.6 Å². The molecule has 6 nitrogen and oxygen atoms in total. The molecule has 1 aromatic carbocycles. The Bertz CT molecular complexity index is 1120. The van der Waals surface area contributed by atoms with Crippen molar-refractivity contribution in [1.29, 1.82) is 0 Å². The first kappa shape index (κ1) is 22.8. The third-order valence-electron chi connectivity index (χ3n) is 4.88. The van der Waals surface area contributed by atoms with Crippen LogP contribution in [0.2, 0.25) is 5.02 Å². The lowest BCUT2D eigenvalue weighted by Gasteiger charge is -2.09. The summed E-state index contributed by atoms with van der Waals surface area (Å²) in [6, 6.07) is 6.33. The number of aryl methyl sites for hydroxylation is 2. The van der Waals surface area contributed by atoms with E-state index in [1.54, 1.807) is 36.7 Å². The molecule has 0 aliphatic rings. The molecule has 0 saturated carbocycles. The molecule has 1 N–H and O–H groups in total. The van der Waals surface area contributed by atoms with E-state index in [4.69, 9.17) is 11.6 Å². The van der Waals surface area contributed by atoms with Gasteiger partial charge in [0.05, 0.1) is 40.9 Å². The minimum absolute atomic E-state index is 0.0745. The minimum atomic E-state index is -4.67. The summed E-state index contributed by atoms with van der Waals surface area (Å²) < 4.78 is 55.4. The number of carbonyl (C=O) groups is 1. The highest BCUT2D eigenvalue weighted by Gasteiger charge is 2.38. The number of nitrogens with zero attached hydrogens (tertiary/aromatic N) is 4. The summed E-state index contributed by atoms with van der Waals surface area (Å²) in [6.45, 7) is 4.97. The van der Waals surface area contributed by atoms with E-state index in [-0.39, 0.29) is 31.0 Å². The predicted molar refractivity (Wildman–Crippen MR) is 107 cm³/mol. The van der Waals surface area contributed by atoms with Gasteiger partial charge in [-0.1, -0.05) is 29.8 Å². The fraction of sp³-hybridized carbons (Fsp3) is 0.350. The second-order valence-electron chi connectivity index (χ2n) is 7.06. The highest BCUT2D eigenvalue weighted by Crippen LogP contribution is 2.35. The average Bonchev–Trinajstić information content (AvgIpc) is 3.12. The monoisotopic (exact) mass is 457 g/mol. The largest absolute Gasteiger partial charge is 0.436 e. The molecule has 166 valence electrons. The third-order valence-corrected chi connectivity index (χ3v) is 5.33. The first-order valence-corrected chi connectivity index (χ1v) is 9.74. The Morgan fingerprint density at radius 2 is 1.77 bits per heavy atom. The van der Waals surface area contributed by atoms with Crippen LogP contribution in [0, 0.1) is 26.6 Å². The second kappa shape index (κ2) is 8.70. The van der Waals surface area contributed by atoms with E-state index in [1.165, 1.54) is 13.0 Å². The first-order valence-electron chi connectivity index (χ1n) is 9.36. The van der Waals surface area contributed by atoms with Gasteiger partial charge in [-0.25, -0.2) is 4.39 Å². The van der Waals surface area contributed by atoms with E-state index >= 15 is 0 Å². The number of halogens is 5. The fourth-order valence-electron chi connectivity index (χ4n) is 3.15. The zero-order valence-corrected chi connectivity index (χ0v) is 17.8. The topological polar surface area (TPSA) is 64.7 Å². The lowest BCUT2D eigenvalue weighted by molar-refractivity contribution is -0.141. The maximum atomic E-state index is 13.9. The van der Waals surface area contributed by atoms with Crippen molar-refractivity contribution in [3.05, 3.63) is 63.4 Å². The standard InChI is InChI=1S/C20H20ClF4N5O/c1-11-18(13(3)30(27-11)10-14-6-4-5-7-15(14)22)26-16(31)8-9-29-12(2)17(21)19(28-29)20(23,24)25/h4-7H,8-10H2,1-3H3,(H,26,31). The van der Waals surface area contributed by atoms with Crippen molar-refractivity contribution in [2.75, 3.05) is 5.32 Å². The van der Waals surface area contributed by atoms with Crippen LogP contribution in [0.3, 0.4) is 0 Å². The molecule has 0 spiro atoms. The van der Waals surface area contributed by atoms with Gasteiger partial charge in [-0.3, -0.25) is 14.2 Å². The first-order chi connectivity index (χ1) is 14.5. The Labute approximate surface area is 180 Å². The van der Waals surface area contributed by atoms with Gasteiger partial charge in [-0.05, 0) is 26.8 Å². The van der Waals surface area contributed by atoms with E-state index in [0.717, 1.165) is 4.68 Å². The van der Waals surface area contributed by atoms with E-state index < -0.39 is 22.8 Å². The van der Waals surface area contributed by atoms with Gasteiger partial charge in [0.2, 0.25) is 5.91 Å². The molecule has 0 fully saturated rings. The maximum Gasteiger partial charge on any atom is 0.436 e. The van der Waals surface area contributed by atoms with Crippen LogP contribution < -0.4 is 5.32 Å². The molecule has 0 aliphatic heterocycles. The lowest BCUT2D eigenvalue weighted by atomic mass is 10.2. The Morgan fingerprint density at radius 1 is 1.10 bits per heavy atom. The minimum Gasteiger partial charge on any atom is -0.323 e. The predicted octanol–water partition coefficient (Wildman–Crippen LogP) is 4.89. The van der Waals surface area contributed by atoms with Crippen LogP contribution in [0.1, 0.15) is 34.8 Å². The summed E-state index contributed by atoms with van der Waals surface area (Å²) in [4.78, 5) is 12.4. The molecular weight excluding hydrogens is 438 g/mol. The molecule has 0 radical (unpaired) electrons. The van der Waals surface area contributed by atoms with Crippen molar-refractivity contribution in [3.63, 3.8) is 0 Å². The van der Waals surface area contributed by atoms with Crippen molar-refractivity contribution in [2.24, 2.45) is 0 Å². The van der Waals surface area contributed by atoms with Gasteiger partial charge in [0.25, 0.3) is 0 Å². The highest BCUT2D eigenvalue weighted by molar-refractivity contribution is 6.31. The van der Waals surface area contributed by atoms with E-state index in [2.05, 4.69) is 15.5 Å². The molecule has 0 atom stereocenters. The van der Waals surface area contributed by atoms with E-state index in [1.807, 2.05) is 0 Å². The summed E-state index contributed by atoms with van der Waals surface area (Å²) >= 11 is 5.72. The zero-order chi connectivity index (χ0) is 22.9. The molecule has 11 heteroatoms. The van der Waals surface area contributed by atoms with Gasteiger partial charge in [-0.15, -0.1) is 0 Å². The molecule has 2 aromatic heterocycles. The van der Waals surface area contributed by atoms with E-state index in [0.29, 0.717) is 22.6 Å². The molecule has 0 bridgehead atoms. The normalized spacial score (nSPS) is 11.7. The highest BCUT2D eigenvalue weighted by atomic mass is 35.5. The Balaban J connectivity index is 1.69. The Kier molecular flexibility index (Phi) is 6.40. The summed E-state index contributed by atoms with van der Waals surface area (Å²) in [5, 5.41) is 10.1. The molecule has 3 aromatic rings. The summed E-state index contributed by atoms with van der Waals surface area (Å²) in [6.07, 6.45) is -4.79. The number of amides is 1. The number of alkyl halides is 3. The van der Waals surface area contributed by atoms with Gasteiger partial charge in [0.1, 0.15) is 5.82 Å². The summed E-state index contributed by atoms with van der Waals surface area (Å²) in [5.74, 6) is -0.775. The SMILES string of the molecule is Cc1nn(Cc2ccccc2F)c(C)c1NC(=O)CCn1nc(C(F)(F)F)c(Cl)c1C. The third kappa shape index (κ3) is 4.90. The smallest absolute Gasteiger partial charge is 0.323 e. The zero-order valence-electron chi connectivity index (χ0n) is 17.0. The van der Waals surface area contributed by atoms with Crippen LogP contribution in [-0.2, 0) is 24.1 Å². The number of anilines is 1. The number of hydrogen-bond acceptors (Lipinski definition) is 3. The number of nitrogens with one attached hydrogen (secondary N) is 1. The van der Waals surface area contributed by atoms with Crippen LogP contribution in [0.4, 0.5) is 23.2 Å². The van der Waals surface area contributed by atoms with Crippen LogP contribution in [-0.4, -0.2) is 25.5 Å². The van der Waals surface area contributed by atoms with Crippen molar-refractivity contribution >= 4 is 23.2 Å². The van der Waals surface area contributed by atoms with Crippen LogP contribution in [0.15, 0.2) is 24.3 Å². The van der Waals surface area contributed by atoms with Crippen LogP contribution in [0.25, 0.3) is 0 Å². The van der Waals surface area contributed by atoms with Gasteiger partial charge < -0.3 is 5.32 Å². The van der Waals surface area contributed by atoms with Gasteiger partial charge in [-0.2, -0.15) is 23.4 Å². The molecule has 0 aliphatic carbocycles. The van der Waals surface area contributed by atoms with E-state index in [9.17, 15) is 22.4 Å². The molecule has 3 rings (SSSR count). The van der Waals surface area contributed by atoms with Gasteiger partial charge in [0.15, 0.2) is 5.69 Å².